The molecule has 1 amide bonds. The summed E-state index contributed by atoms with van der Waals surface area (Å²) in [5.41, 5.74) is 3.64. The van der Waals surface area contributed by atoms with Gasteiger partial charge in [0.2, 0.25) is 5.91 Å². The molecule has 1 N–H and O–H groups in total. The van der Waals surface area contributed by atoms with Crippen molar-refractivity contribution < 1.29 is 14.3 Å². The Labute approximate surface area is 160 Å². The summed E-state index contributed by atoms with van der Waals surface area (Å²) >= 11 is 0. The average molecular weight is 366 g/mol. The lowest BCUT2D eigenvalue weighted by atomic mass is 9.95. The van der Waals surface area contributed by atoms with Crippen molar-refractivity contribution in [2.24, 2.45) is 5.92 Å². The van der Waals surface area contributed by atoms with E-state index in [0.717, 1.165) is 32.5 Å². The number of rotatable bonds is 5. The lowest BCUT2D eigenvalue weighted by Gasteiger charge is -2.31. The third-order valence-corrected chi connectivity index (χ3v) is 5.04. The Morgan fingerprint density at radius 3 is 2.48 bits per heavy atom. The molecule has 5 heteroatoms. The Morgan fingerprint density at radius 1 is 1.11 bits per heavy atom. The van der Waals surface area contributed by atoms with E-state index in [4.69, 9.17) is 4.74 Å². The highest BCUT2D eigenvalue weighted by Crippen LogP contribution is 2.21. The van der Waals surface area contributed by atoms with Gasteiger partial charge in [0.1, 0.15) is 0 Å². The molecule has 27 heavy (non-hydrogen) atoms. The second-order valence-corrected chi connectivity index (χ2v) is 7.10. The highest BCUT2D eigenvalue weighted by Gasteiger charge is 2.25. The highest BCUT2D eigenvalue weighted by molar-refractivity contribution is 5.95. The quantitative estimate of drug-likeness (QED) is 0.821. The molecule has 1 fully saturated rings. The number of benzene rings is 2. The van der Waals surface area contributed by atoms with Gasteiger partial charge in [-0.1, -0.05) is 35.9 Å². The Morgan fingerprint density at radius 2 is 1.81 bits per heavy atom. The third kappa shape index (κ3) is 5.17. The number of amides is 1. The van der Waals surface area contributed by atoms with E-state index in [1.165, 1.54) is 18.2 Å². The van der Waals surface area contributed by atoms with Crippen LogP contribution in [0.2, 0.25) is 0 Å². The number of nitrogens with zero attached hydrogens (tertiary/aromatic N) is 1. The summed E-state index contributed by atoms with van der Waals surface area (Å²) in [6, 6.07) is 15.5. The number of methoxy groups -OCH3 is 1. The van der Waals surface area contributed by atoms with Gasteiger partial charge in [-0.25, -0.2) is 4.79 Å². The second kappa shape index (κ2) is 8.82. The molecule has 3 rings (SSSR count). The minimum atomic E-state index is -0.407. The van der Waals surface area contributed by atoms with E-state index in [9.17, 15) is 9.59 Å². The van der Waals surface area contributed by atoms with Gasteiger partial charge in [0, 0.05) is 18.2 Å². The molecular weight excluding hydrogens is 340 g/mol. The van der Waals surface area contributed by atoms with Gasteiger partial charge in [-0.2, -0.15) is 0 Å². The molecule has 0 saturated carbocycles. The van der Waals surface area contributed by atoms with Crippen LogP contribution < -0.4 is 5.32 Å². The summed E-state index contributed by atoms with van der Waals surface area (Å²) in [4.78, 5) is 26.6. The summed E-state index contributed by atoms with van der Waals surface area (Å²) in [5.74, 6) is -0.386. The number of esters is 1. The number of hydrogen-bond donors (Lipinski definition) is 1. The third-order valence-electron chi connectivity index (χ3n) is 5.04. The second-order valence-electron chi connectivity index (χ2n) is 7.10. The summed E-state index contributed by atoms with van der Waals surface area (Å²) in [7, 11) is 1.35. The molecule has 0 bridgehead atoms. The van der Waals surface area contributed by atoms with Crippen LogP contribution in [0.1, 0.15) is 34.3 Å². The molecule has 2 aromatic carbocycles. The first-order valence-electron chi connectivity index (χ1n) is 9.32. The van der Waals surface area contributed by atoms with Crippen LogP contribution in [0.3, 0.4) is 0 Å². The Bertz CT molecular complexity index is 793. The monoisotopic (exact) mass is 366 g/mol. The van der Waals surface area contributed by atoms with E-state index in [2.05, 4.69) is 41.4 Å². The number of nitrogens with one attached hydrogen (secondary N) is 1. The van der Waals surface area contributed by atoms with Crippen molar-refractivity contribution in [2.75, 3.05) is 25.5 Å². The van der Waals surface area contributed by atoms with Crippen molar-refractivity contribution in [2.45, 2.75) is 26.3 Å². The van der Waals surface area contributed by atoms with Crippen LogP contribution in [0, 0.1) is 12.8 Å². The standard InChI is InChI=1S/C22H26N2O3/c1-16-6-8-17(9-7-16)15-24-12-10-18(11-13-24)21(25)23-20-5-3-4-19(14-20)22(26)27-2/h3-9,14,18H,10-13,15H2,1-2H3,(H,23,25). The number of anilines is 1. The maximum Gasteiger partial charge on any atom is 0.337 e. The van der Waals surface area contributed by atoms with Gasteiger partial charge in [-0.05, 0) is 56.6 Å². The first-order valence-corrected chi connectivity index (χ1v) is 9.32. The van der Waals surface area contributed by atoms with Crippen molar-refractivity contribution >= 4 is 17.6 Å². The van der Waals surface area contributed by atoms with Gasteiger partial charge in [0.05, 0.1) is 12.7 Å². The fourth-order valence-electron chi connectivity index (χ4n) is 3.39. The Balaban J connectivity index is 1.51. The number of likely N-dealkylation sites (tertiary alicyclic amines) is 1. The molecular formula is C22H26N2O3. The number of hydrogen-bond acceptors (Lipinski definition) is 4. The summed E-state index contributed by atoms with van der Waals surface area (Å²) in [5, 5.41) is 2.94. The van der Waals surface area contributed by atoms with Crippen LogP contribution in [-0.4, -0.2) is 37.0 Å². The van der Waals surface area contributed by atoms with Gasteiger partial charge < -0.3 is 10.1 Å². The molecule has 142 valence electrons. The molecule has 1 aliphatic rings. The summed E-state index contributed by atoms with van der Waals surface area (Å²) < 4.78 is 4.72. The predicted octanol–water partition coefficient (Wildman–Crippen LogP) is 3.63. The Hall–Kier alpha value is -2.66. The van der Waals surface area contributed by atoms with Crippen molar-refractivity contribution in [3.8, 4) is 0 Å². The maximum absolute atomic E-state index is 12.6. The minimum Gasteiger partial charge on any atom is -0.465 e. The van der Waals surface area contributed by atoms with E-state index < -0.39 is 5.97 Å². The minimum absolute atomic E-state index is 0.000973. The van der Waals surface area contributed by atoms with Gasteiger partial charge in [-0.15, -0.1) is 0 Å². The van der Waals surface area contributed by atoms with Gasteiger partial charge in [0.15, 0.2) is 0 Å². The van der Waals surface area contributed by atoms with E-state index >= 15 is 0 Å². The van der Waals surface area contributed by atoms with Crippen LogP contribution in [0.15, 0.2) is 48.5 Å². The number of carbonyl (C=O) groups is 2. The zero-order valence-electron chi connectivity index (χ0n) is 15.9. The molecule has 0 atom stereocenters. The van der Waals surface area contributed by atoms with E-state index in [1.54, 1.807) is 24.3 Å². The van der Waals surface area contributed by atoms with E-state index in [0.29, 0.717) is 11.3 Å². The van der Waals surface area contributed by atoms with Crippen LogP contribution in [-0.2, 0) is 16.1 Å². The van der Waals surface area contributed by atoms with E-state index in [-0.39, 0.29) is 11.8 Å². The van der Waals surface area contributed by atoms with Crippen molar-refractivity contribution in [1.82, 2.24) is 4.90 Å². The molecule has 1 heterocycles. The van der Waals surface area contributed by atoms with Gasteiger partial charge in [0.25, 0.3) is 0 Å². The number of piperidine rings is 1. The van der Waals surface area contributed by atoms with Crippen LogP contribution in [0.5, 0.6) is 0 Å². The molecule has 0 spiro atoms. The number of aryl methyl sites for hydroxylation is 1. The fourth-order valence-corrected chi connectivity index (χ4v) is 3.39. The SMILES string of the molecule is COC(=O)c1cccc(NC(=O)C2CCN(Cc3ccc(C)cc3)CC2)c1. The lowest BCUT2D eigenvalue weighted by Crippen LogP contribution is -2.37. The molecule has 0 aliphatic carbocycles. The molecule has 2 aromatic rings. The predicted molar refractivity (Wildman–Crippen MR) is 106 cm³/mol. The van der Waals surface area contributed by atoms with Gasteiger partial charge in [-0.3, -0.25) is 9.69 Å². The average Bonchev–Trinajstić information content (AvgIpc) is 2.70. The van der Waals surface area contributed by atoms with Crippen molar-refractivity contribution in [3.63, 3.8) is 0 Å². The highest BCUT2D eigenvalue weighted by atomic mass is 16.5. The molecule has 1 aliphatic heterocycles. The maximum atomic E-state index is 12.6. The molecule has 5 nitrogen and oxygen atoms in total. The zero-order valence-corrected chi connectivity index (χ0v) is 15.9. The van der Waals surface area contributed by atoms with Gasteiger partial charge >= 0.3 is 5.97 Å². The molecule has 0 radical (unpaired) electrons. The summed E-state index contributed by atoms with van der Waals surface area (Å²) in [6.45, 7) is 4.84. The smallest absolute Gasteiger partial charge is 0.337 e. The molecule has 0 unspecified atom stereocenters. The lowest BCUT2D eigenvalue weighted by molar-refractivity contribution is -0.121. The number of carbonyl (C=O) groups excluding carboxylic acids is 2. The van der Waals surface area contributed by atoms with Crippen LogP contribution >= 0.6 is 0 Å². The zero-order chi connectivity index (χ0) is 19.2. The molecule has 0 aromatic heterocycles. The first kappa shape index (κ1) is 19.1. The topological polar surface area (TPSA) is 58.6 Å². The fraction of sp³-hybridized carbons (Fsp3) is 0.364. The first-order chi connectivity index (χ1) is 13.0. The largest absolute Gasteiger partial charge is 0.465 e. The summed E-state index contributed by atoms with van der Waals surface area (Å²) in [6.07, 6.45) is 1.68. The van der Waals surface area contributed by atoms with Crippen LogP contribution in [0.4, 0.5) is 5.69 Å². The Kier molecular flexibility index (Phi) is 6.24. The normalized spacial score (nSPS) is 15.3. The van der Waals surface area contributed by atoms with Crippen molar-refractivity contribution in [3.05, 3.63) is 65.2 Å². The van der Waals surface area contributed by atoms with Crippen LogP contribution in [0.25, 0.3) is 0 Å². The number of ether oxygens (including phenoxy) is 1. The molecule has 1 saturated heterocycles. The van der Waals surface area contributed by atoms with E-state index in [1.807, 2.05) is 0 Å². The van der Waals surface area contributed by atoms with Crippen molar-refractivity contribution in [1.29, 1.82) is 0 Å².